The molecule has 84 valence electrons. The maximum absolute atomic E-state index is 5.31. The van der Waals surface area contributed by atoms with E-state index in [2.05, 4.69) is 32.9 Å². The lowest BCUT2D eigenvalue weighted by molar-refractivity contribution is 0.500. The summed E-state index contributed by atoms with van der Waals surface area (Å²) in [5.74, 6) is 0.617. The molecule has 1 aromatic heterocycles. The Morgan fingerprint density at radius 2 is 2.12 bits per heavy atom. The van der Waals surface area contributed by atoms with Crippen LogP contribution in [0, 0.1) is 11.3 Å². The minimum atomic E-state index is 0.330. The maximum atomic E-state index is 5.31. The van der Waals surface area contributed by atoms with Gasteiger partial charge in [0.15, 0.2) is 0 Å². The predicted octanol–water partition coefficient (Wildman–Crippen LogP) is 4.21. The van der Waals surface area contributed by atoms with Gasteiger partial charge in [-0.15, -0.1) is 0 Å². The van der Waals surface area contributed by atoms with Crippen LogP contribution in [0.3, 0.4) is 0 Å². The van der Waals surface area contributed by atoms with Gasteiger partial charge in [0.05, 0.1) is 12.5 Å². The molecule has 0 aliphatic heterocycles. The van der Waals surface area contributed by atoms with E-state index in [9.17, 15) is 0 Å². The molecule has 0 spiro atoms. The molecule has 0 N–H and O–H groups in total. The van der Waals surface area contributed by atoms with Crippen LogP contribution in [0.4, 0.5) is 0 Å². The predicted molar refractivity (Wildman–Crippen MR) is 66.0 cm³/mol. The first-order chi connectivity index (χ1) is 7.55. The summed E-state index contributed by atoms with van der Waals surface area (Å²) >= 11 is 0. The second-order valence-electron chi connectivity index (χ2n) is 5.89. The van der Waals surface area contributed by atoms with Gasteiger partial charge in [-0.05, 0) is 47.0 Å². The topological polar surface area (TPSA) is 13.1 Å². The average molecular weight is 214 g/mol. The highest BCUT2D eigenvalue weighted by Crippen LogP contribution is 2.45. The van der Waals surface area contributed by atoms with Crippen molar-refractivity contribution in [3.05, 3.63) is 40.9 Å². The number of rotatable bonds is 0. The lowest BCUT2D eigenvalue weighted by Gasteiger charge is -2.12. The normalized spacial score (nSPS) is 26.6. The van der Waals surface area contributed by atoms with Crippen molar-refractivity contribution >= 4 is 6.08 Å². The largest absolute Gasteiger partial charge is 0.472 e. The van der Waals surface area contributed by atoms with Crippen LogP contribution in [0.15, 0.2) is 34.2 Å². The van der Waals surface area contributed by atoms with Crippen molar-refractivity contribution in [2.75, 3.05) is 0 Å². The number of fused-ring (bicyclic) bond motifs is 2. The summed E-state index contributed by atoms with van der Waals surface area (Å²) in [7, 11) is 0. The van der Waals surface area contributed by atoms with E-state index in [0.717, 1.165) is 12.8 Å². The van der Waals surface area contributed by atoms with Crippen molar-refractivity contribution in [1.29, 1.82) is 0 Å². The molecule has 2 aliphatic carbocycles. The van der Waals surface area contributed by atoms with Crippen LogP contribution in [0.25, 0.3) is 6.08 Å². The molecule has 0 fully saturated rings. The third-order valence-electron chi connectivity index (χ3n) is 3.73. The fourth-order valence-electron chi connectivity index (χ4n) is 3.00. The van der Waals surface area contributed by atoms with E-state index in [1.807, 2.05) is 12.5 Å². The second-order valence-corrected chi connectivity index (χ2v) is 5.89. The molecule has 0 radical (unpaired) electrons. The van der Waals surface area contributed by atoms with Crippen molar-refractivity contribution in [1.82, 2.24) is 0 Å². The van der Waals surface area contributed by atoms with Crippen LogP contribution >= 0.6 is 0 Å². The fourth-order valence-corrected chi connectivity index (χ4v) is 3.00. The molecule has 0 bridgehead atoms. The highest BCUT2D eigenvalue weighted by Gasteiger charge is 2.31. The highest BCUT2D eigenvalue weighted by atomic mass is 16.3. The van der Waals surface area contributed by atoms with E-state index in [1.54, 1.807) is 5.57 Å². The molecule has 16 heavy (non-hydrogen) atoms. The molecule has 1 heterocycles. The van der Waals surface area contributed by atoms with Gasteiger partial charge in [0.2, 0.25) is 0 Å². The zero-order valence-corrected chi connectivity index (χ0v) is 10.2. The van der Waals surface area contributed by atoms with Gasteiger partial charge in [0.1, 0.15) is 0 Å². The summed E-state index contributed by atoms with van der Waals surface area (Å²) in [5.41, 5.74) is 6.03. The Bertz CT molecular complexity index is 485. The Balaban J connectivity index is 2.12. The highest BCUT2D eigenvalue weighted by molar-refractivity contribution is 5.64. The van der Waals surface area contributed by atoms with Gasteiger partial charge in [-0.2, -0.15) is 0 Å². The zero-order valence-electron chi connectivity index (χ0n) is 10.2. The van der Waals surface area contributed by atoms with Crippen LogP contribution in [-0.4, -0.2) is 0 Å². The van der Waals surface area contributed by atoms with Crippen LogP contribution < -0.4 is 0 Å². The minimum absolute atomic E-state index is 0.330. The van der Waals surface area contributed by atoms with Gasteiger partial charge in [0.25, 0.3) is 0 Å². The molecule has 1 aromatic rings. The molecule has 0 unspecified atom stereocenters. The molecular formula is C15H18O. The van der Waals surface area contributed by atoms with Gasteiger partial charge in [-0.1, -0.05) is 26.8 Å². The second kappa shape index (κ2) is 3.13. The Morgan fingerprint density at radius 1 is 1.31 bits per heavy atom. The van der Waals surface area contributed by atoms with Gasteiger partial charge in [0, 0.05) is 5.56 Å². The Morgan fingerprint density at radius 3 is 2.94 bits per heavy atom. The van der Waals surface area contributed by atoms with Crippen molar-refractivity contribution in [3.8, 4) is 0 Å². The standard InChI is InChI=1S/C15H18O/c1-10-4-12-8-16-9-13(12)5-11-6-15(2,3)7-14(10)11/h5,7-10H,4,6H2,1-3H3/t10-/m1/s1. The fraction of sp³-hybridized carbons (Fsp3) is 0.467. The number of hydrogen-bond donors (Lipinski definition) is 0. The Labute approximate surface area is 96.8 Å². The van der Waals surface area contributed by atoms with Crippen LogP contribution in [0.1, 0.15) is 38.3 Å². The lowest BCUT2D eigenvalue weighted by atomic mass is 9.92. The van der Waals surface area contributed by atoms with Gasteiger partial charge in [-0.3, -0.25) is 0 Å². The summed E-state index contributed by atoms with van der Waals surface area (Å²) in [5, 5.41) is 0. The van der Waals surface area contributed by atoms with Crippen molar-refractivity contribution < 1.29 is 4.42 Å². The smallest absolute Gasteiger partial charge is 0.0977 e. The van der Waals surface area contributed by atoms with Crippen molar-refractivity contribution in [2.24, 2.45) is 11.3 Å². The van der Waals surface area contributed by atoms with E-state index in [4.69, 9.17) is 4.42 Å². The third kappa shape index (κ3) is 1.46. The molecule has 1 heteroatoms. The van der Waals surface area contributed by atoms with E-state index >= 15 is 0 Å². The molecule has 2 aliphatic rings. The average Bonchev–Trinajstić information content (AvgIpc) is 2.69. The quantitative estimate of drug-likeness (QED) is 0.630. The SMILES string of the molecule is C[C@@H]1Cc2cocc2C=C2CC(C)(C)C=C21. The van der Waals surface area contributed by atoms with Crippen molar-refractivity contribution in [3.63, 3.8) is 0 Å². The molecule has 0 saturated carbocycles. The van der Waals surface area contributed by atoms with E-state index in [0.29, 0.717) is 11.3 Å². The lowest BCUT2D eigenvalue weighted by Crippen LogP contribution is -2.02. The zero-order chi connectivity index (χ0) is 11.3. The van der Waals surface area contributed by atoms with E-state index in [-0.39, 0.29) is 0 Å². The van der Waals surface area contributed by atoms with Crippen LogP contribution in [0.2, 0.25) is 0 Å². The van der Waals surface area contributed by atoms with E-state index < -0.39 is 0 Å². The molecule has 0 amide bonds. The molecule has 0 aromatic carbocycles. The van der Waals surface area contributed by atoms with Crippen LogP contribution in [-0.2, 0) is 6.42 Å². The van der Waals surface area contributed by atoms with Gasteiger partial charge < -0.3 is 4.42 Å². The summed E-state index contributed by atoms with van der Waals surface area (Å²) in [6.45, 7) is 6.96. The Hall–Kier alpha value is -1.24. The number of hydrogen-bond acceptors (Lipinski definition) is 1. The first kappa shape index (κ1) is 9.95. The molecular weight excluding hydrogens is 196 g/mol. The third-order valence-corrected chi connectivity index (χ3v) is 3.73. The Kier molecular flexibility index (Phi) is 1.95. The minimum Gasteiger partial charge on any atom is -0.472 e. The molecule has 3 rings (SSSR count). The summed E-state index contributed by atoms with van der Waals surface area (Å²) in [6, 6.07) is 0. The van der Waals surface area contributed by atoms with Crippen molar-refractivity contribution in [2.45, 2.75) is 33.6 Å². The number of furan rings is 1. The summed E-state index contributed by atoms with van der Waals surface area (Å²) < 4.78 is 5.31. The first-order valence-corrected chi connectivity index (χ1v) is 6.04. The number of allylic oxidation sites excluding steroid dienone is 3. The summed E-state index contributed by atoms with van der Waals surface area (Å²) in [4.78, 5) is 0. The van der Waals surface area contributed by atoms with Gasteiger partial charge in [-0.25, -0.2) is 0 Å². The molecule has 1 nitrogen and oxygen atoms in total. The summed E-state index contributed by atoms with van der Waals surface area (Å²) in [6.07, 6.45) is 10.8. The maximum Gasteiger partial charge on any atom is 0.0977 e. The molecule has 1 atom stereocenters. The van der Waals surface area contributed by atoms with Gasteiger partial charge >= 0.3 is 0 Å². The molecule has 0 saturated heterocycles. The first-order valence-electron chi connectivity index (χ1n) is 6.04. The van der Waals surface area contributed by atoms with E-state index in [1.165, 1.54) is 16.7 Å². The monoisotopic (exact) mass is 214 g/mol. The van der Waals surface area contributed by atoms with Crippen LogP contribution in [0.5, 0.6) is 0 Å².